The maximum absolute atomic E-state index is 4.40. The Balaban J connectivity index is 2.50. The van der Waals surface area contributed by atoms with Crippen LogP contribution in [-0.2, 0) is 7.05 Å². The summed E-state index contributed by atoms with van der Waals surface area (Å²) in [6, 6.07) is 0.463. The summed E-state index contributed by atoms with van der Waals surface area (Å²) >= 11 is 0. The summed E-state index contributed by atoms with van der Waals surface area (Å²) in [5, 5.41) is 7.80. The van der Waals surface area contributed by atoms with Crippen molar-refractivity contribution in [3.8, 4) is 0 Å². The van der Waals surface area contributed by atoms with Crippen LogP contribution in [0.1, 0.15) is 56.3 Å². The highest BCUT2D eigenvalue weighted by Crippen LogP contribution is 2.21. The summed E-state index contributed by atoms with van der Waals surface area (Å²) in [5.41, 5.74) is 2.50. The lowest BCUT2D eigenvalue weighted by Gasteiger charge is -2.15. The molecule has 0 aliphatic carbocycles. The highest BCUT2D eigenvalue weighted by molar-refractivity contribution is 5.19. The summed E-state index contributed by atoms with van der Waals surface area (Å²) in [6.45, 7) is 4.34. The van der Waals surface area contributed by atoms with Crippen LogP contribution in [-0.4, -0.2) is 16.8 Å². The van der Waals surface area contributed by atoms with Gasteiger partial charge in [0.05, 0.1) is 5.69 Å². The lowest BCUT2D eigenvalue weighted by Crippen LogP contribution is -2.16. The van der Waals surface area contributed by atoms with E-state index in [-0.39, 0.29) is 0 Å². The van der Waals surface area contributed by atoms with Crippen molar-refractivity contribution in [1.29, 1.82) is 0 Å². The third-order valence-corrected chi connectivity index (χ3v) is 3.12. The molecule has 0 amide bonds. The van der Waals surface area contributed by atoms with Gasteiger partial charge in [-0.15, -0.1) is 0 Å². The Morgan fingerprint density at radius 1 is 1.38 bits per heavy atom. The van der Waals surface area contributed by atoms with Crippen LogP contribution >= 0.6 is 0 Å². The second-order valence-electron chi connectivity index (χ2n) is 4.53. The van der Waals surface area contributed by atoms with Gasteiger partial charge in [-0.2, -0.15) is 5.10 Å². The van der Waals surface area contributed by atoms with Gasteiger partial charge in [0.15, 0.2) is 0 Å². The lowest BCUT2D eigenvalue weighted by atomic mass is 10.0. The van der Waals surface area contributed by atoms with Crippen LogP contribution in [0.4, 0.5) is 0 Å². The van der Waals surface area contributed by atoms with Gasteiger partial charge in [-0.1, -0.05) is 32.6 Å². The van der Waals surface area contributed by atoms with Crippen molar-refractivity contribution in [3.05, 3.63) is 17.5 Å². The van der Waals surface area contributed by atoms with Crippen molar-refractivity contribution < 1.29 is 0 Å². The normalized spacial score (nSPS) is 13.0. The van der Waals surface area contributed by atoms with Crippen LogP contribution in [0.5, 0.6) is 0 Å². The average Bonchev–Trinajstić information content (AvgIpc) is 2.58. The molecule has 0 saturated carbocycles. The molecule has 3 nitrogen and oxygen atoms in total. The topological polar surface area (TPSA) is 29.9 Å². The maximum Gasteiger partial charge on any atom is 0.0641 e. The van der Waals surface area contributed by atoms with Gasteiger partial charge in [0, 0.05) is 24.8 Å². The highest BCUT2D eigenvalue weighted by Gasteiger charge is 2.13. The van der Waals surface area contributed by atoms with Gasteiger partial charge < -0.3 is 5.32 Å². The average molecular weight is 223 g/mol. The zero-order valence-corrected chi connectivity index (χ0v) is 11.1. The van der Waals surface area contributed by atoms with Gasteiger partial charge in [-0.05, 0) is 20.4 Å². The molecule has 1 rings (SSSR count). The number of nitrogens with one attached hydrogen (secondary N) is 1. The molecule has 0 bridgehead atoms. The molecule has 16 heavy (non-hydrogen) atoms. The van der Waals surface area contributed by atoms with Crippen LogP contribution in [0, 0.1) is 6.92 Å². The molecule has 0 saturated heterocycles. The summed E-state index contributed by atoms with van der Waals surface area (Å²) in [5.74, 6) is 0. The van der Waals surface area contributed by atoms with Crippen LogP contribution < -0.4 is 5.32 Å². The van der Waals surface area contributed by atoms with Crippen molar-refractivity contribution in [1.82, 2.24) is 15.1 Å². The molecular formula is C13H25N3. The number of aryl methyl sites for hydroxylation is 2. The summed E-state index contributed by atoms with van der Waals surface area (Å²) in [7, 11) is 4.03. The molecule has 92 valence electrons. The fourth-order valence-electron chi connectivity index (χ4n) is 2.19. The van der Waals surface area contributed by atoms with E-state index in [4.69, 9.17) is 0 Å². The minimum atomic E-state index is 0.463. The van der Waals surface area contributed by atoms with Crippen LogP contribution in [0.25, 0.3) is 0 Å². The van der Waals surface area contributed by atoms with E-state index in [9.17, 15) is 0 Å². The van der Waals surface area contributed by atoms with Crippen LogP contribution in [0.15, 0.2) is 6.20 Å². The molecular weight excluding hydrogens is 198 g/mol. The number of rotatable bonds is 7. The molecule has 0 spiro atoms. The molecule has 0 aliphatic rings. The van der Waals surface area contributed by atoms with Crippen molar-refractivity contribution in [2.24, 2.45) is 7.05 Å². The molecule has 1 unspecified atom stereocenters. The first kappa shape index (κ1) is 13.2. The second-order valence-corrected chi connectivity index (χ2v) is 4.53. The SMILES string of the molecule is CCCCCCC(NC)c1cn(C)nc1C. The van der Waals surface area contributed by atoms with Gasteiger partial charge in [0.25, 0.3) is 0 Å². The third-order valence-electron chi connectivity index (χ3n) is 3.12. The molecule has 1 N–H and O–H groups in total. The predicted octanol–water partition coefficient (Wildman–Crippen LogP) is 2.96. The lowest BCUT2D eigenvalue weighted by molar-refractivity contribution is 0.503. The molecule has 0 aliphatic heterocycles. The molecule has 0 fully saturated rings. The number of unbranched alkanes of at least 4 members (excludes halogenated alkanes) is 3. The minimum Gasteiger partial charge on any atom is -0.313 e. The molecule has 1 aromatic heterocycles. The van der Waals surface area contributed by atoms with Gasteiger partial charge in [0.2, 0.25) is 0 Å². The first-order valence-corrected chi connectivity index (χ1v) is 6.36. The number of aromatic nitrogens is 2. The molecule has 3 heteroatoms. The van der Waals surface area contributed by atoms with E-state index < -0.39 is 0 Å². The van der Waals surface area contributed by atoms with Gasteiger partial charge in [0.1, 0.15) is 0 Å². The van der Waals surface area contributed by atoms with E-state index in [0.717, 1.165) is 5.69 Å². The van der Waals surface area contributed by atoms with Gasteiger partial charge >= 0.3 is 0 Å². The Bertz CT molecular complexity index is 304. The highest BCUT2D eigenvalue weighted by atomic mass is 15.3. The summed E-state index contributed by atoms with van der Waals surface area (Å²) < 4.78 is 1.90. The van der Waals surface area contributed by atoms with Gasteiger partial charge in [-0.3, -0.25) is 4.68 Å². The quantitative estimate of drug-likeness (QED) is 0.720. The van der Waals surface area contributed by atoms with E-state index in [2.05, 4.69) is 30.5 Å². The number of hydrogen-bond acceptors (Lipinski definition) is 2. The number of hydrogen-bond donors (Lipinski definition) is 1. The first-order chi connectivity index (χ1) is 7.69. The van der Waals surface area contributed by atoms with Gasteiger partial charge in [-0.25, -0.2) is 0 Å². The van der Waals surface area contributed by atoms with E-state index >= 15 is 0 Å². The van der Waals surface area contributed by atoms with Crippen molar-refractivity contribution in [2.45, 2.75) is 52.0 Å². The van der Waals surface area contributed by atoms with Crippen LogP contribution in [0.3, 0.4) is 0 Å². The fraction of sp³-hybridized carbons (Fsp3) is 0.769. The summed E-state index contributed by atoms with van der Waals surface area (Å²) in [4.78, 5) is 0. The Kier molecular flexibility index (Phi) is 5.53. The van der Waals surface area contributed by atoms with E-state index in [1.807, 2.05) is 18.8 Å². The van der Waals surface area contributed by atoms with E-state index in [1.165, 1.54) is 37.7 Å². The standard InChI is InChI=1S/C13H25N3/c1-5-6-7-8-9-13(14-3)12-10-16(4)15-11(12)2/h10,13-14H,5-9H2,1-4H3. The minimum absolute atomic E-state index is 0.463. The van der Waals surface area contributed by atoms with E-state index in [1.54, 1.807) is 0 Å². The smallest absolute Gasteiger partial charge is 0.0641 e. The first-order valence-electron chi connectivity index (χ1n) is 6.36. The van der Waals surface area contributed by atoms with Crippen molar-refractivity contribution >= 4 is 0 Å². The maximum atomic E-state index is 4.40. The Hall–Kier alpha value is -0.830. The molecule has 0 radical (unpaired) electrons. The zero-order chi connectivity index (χ0) is 12.0. The molecule has 1 heterocycles. The Morgan fingerprint density at radius 3 is 2.62 bits per heavy atom. The third kappa shape index (κ3) is 3.63. The van der Waals surface area contributed by atoms with Crippen molar-refractivity contribution in [3.63, 3.8) is 0 Å². The zero-order valence-electron chi connectivity index (χ0n) is 11.1. The Labute approximate surface area is 99.2 Å². The fourth-order valence-corrected chi connectivity index (χ4v) is 2.19. The predicted molar refractivity (Wildman–Crippen MR) is 68.5 cm³/mol. The van der Waals surface area contributed by atoms with Crippen molar-refractivity contribution in [2.75, 3.05) is 7.05 Å². The monoisotopic (exact) mass is 223 g/mol. The summed E-state index contributed by atoms with van der Waals surface area (Å²) in [6.07, 6.45) is 8.64. The molecule has 0 aromatic carbocycles. The van der Waals surface area contributed by atoms with Crippen LogP contribution in [0.2, 0.25) is 0 Å². The number of nitrogens with zero attached hydrogens (tertiary/aromatic N) is 2. The molecule has 1 atom stereocenters. The Morgan fingerprint density at radius 2 is 2.12 bits per heavy atom. The van der Waals surface area contributed by atoms with E-state index in [0.29, 0.717) is 6.04 Å². The molecule has 1 aromatic rings. The largest absolute Gasteiger partial charge is 0.313 e. The second kappa shape index (κ2) is 6.69.